The largest absolute Gasteiger partial charge is 0.597 e. The highest BCUT2D eigenvalue weighted by atomic mass is 33.8. The summed E-state index contributed by atoms with van der Waals surface area (Å²) in [6.07, 6.45) is 0. The number of rotatable bonds is 9. The monoisotopic (exact) mass is 378 g/mol. The lowest BCUT2D eigenvalue weighted by molar-refractivity contribution is 0.291. The van der Waals surface area contributed by atoms with Gasteiger partial charge in [-0.1, -0.05) is 0 Å². The molecular formula is C4H12O8P2S4. The number of hydrogen-bond acceptors (Lipinski definition) is 10. The van der Waals surface area contributed by atoms with Crippen molar-refractivity contribution in [3.05, 3.63) is 0 Å². The van der Waals surface area contributed by atoms with Crippen molar-refractivity contribution in [3.8, 4) is 0 Å². The predicted molar refractivity (Wildman–Crippen MR) is 74.7 cm³/mol. The minimum atomic E-state index is -3.79. The van der Waals surface area contributed by atoms with Crippen LogP contribution in [-0.4, -0.2) is 37.5 Å². The van der Waals surface area contributed by atoms with Gasteiger partial charge in [0.25, 0.3) is 0 Å². The van der Waals surface area contributed by atoms with Crippen LogP contribution < -0.4 is 0 Å². The van der Waals surface area contributed by atoms with Crippen LogP contribution in [0.2, 0.25) is 0 Å². The summed E-state index contributed by atoms with van der Waals surface area (Å²) in [5.74, 6) is 0. The first-order valence-electron chi connectivity index (χ1n) is 3.93. The Morgan fingerprint density at radius 3 is 1.17 bits per heavy atom. The second-order valence-electron chi connectivity index (χ2n) is 2.20. The summed E-state index contributed by atoms with van der Waals surface area (Å²) in [7, 11) is 0.925. The summed E-state index contributed by atoms with van der Waals surface area (Å²) in [6, 6.07) is 0. The van der Waals surface area contributed by atoms with Crippen LogP contribution in [0, 0.1) is 0 Å². The van der Waals surface area contributed by atoms with Gasteiger partial charge in [-0.3, -0.25) is 18.1 Å². The molecule has 0 aromatic heterocycles. The van der Waals surface area contributed by atoms with Crippen molar-refractivity contribution in [3.63, 3.8) is 0 Å². The lowest BCUT2D eigenvalue weighted by atomic mass is 11.8. The van der Waals surface area contributed by atoms with Crippen LogP contribution in [0.15, 0.2) is 0 Å². The molecule has 0 fully saturated rings. The highest BCUT2D eigenvalue weighted by molar-refractivity contribution is 9.33. The lowest BCUT2D eigenvalue weighted by Gasteiger charge is -2.16. The first kappa shape index (κ1) is 19.6. The molecule has 2 unspecified atom stereocenters. The van der Waals surface area contributed by atoms with Gasteiger partial charge in [-0.15, -0.1) is 0 Å². The quantitative estimate of drug-likeness (QED) is 0.336. The minimum Gasteiger partial charge on any atom is -0.597 e. The molecule has 14 heteroatoms. The second-order valence-corrected chi connectivity index (χ2v) is 17.8. The van der Waals surface area contributed by atoms with E-state index in [1.807, 2.05) is 0 Å². The Bertz CT molecular complexity index is 293. The molecule has 0 rings (SSSR count). The Hall–Kier alpha value is 1.62. The van der Waals surface area contributed by atoms with Crippen molar-refractivity contribution in [2.45, 2.75) is 0 Å². The van der Waals surface area contributed by atoms with Gasteiger partial charge < -0.3 is 9.11 Å². The molecule has 0 aromatic rings. The Balaban J connectivity index is 4.50. The Kier molecular flexibility index (Phi) is 9.60. The molecule has 8 nitrogen and oxygen atoms in total. The summed E-state index contributed by atoms with van der Waals surface area (Å²) in [6.45, 7) is -7.58. The second kappa shape index (κ2) is 8.81. The van der Waals surface area contributed by atoms with Gasteiger partial charge in [-0.2, -0.15) is 0 Å². The van der Waals surface area contributed by atoms with E-state index in [4.69, 9.17) is 0 Å². The fourth-order valence-electron chi connectivity index (χ4n) is 0.515. The van der Waals surface area contributed by atoms with Gasteiger partial charge in [0.15, 0.2) is 0 Å². The van der Waals surface area contributed by atoms with Crippen LogP contribution in [0.1, 0.15) is 0 Å². The van der Waals surface area contributed by atoms with Crippen LogP contribution in [0.4, 0.5) is 0 Å². The molecule has 0 aliphatic carbocycles. The van der Waals surface area contributed by atoms with Gasteiger partial charge in [0, 0.05) is 28.4 Å². The van der Waals surface area contributed by atoms with Crippen LogP contribution >= 0.6 is 33.2 Å². The first-order valence-corrected chi connectivity index (χ1v) is 13.7. The van der Waals surface area contributed by atoms with E-state index in [-0.39, 0.29) is 0 Å². The van der Waals surface area contributed by atoms with Crippen LogP contribution in [-0.2, 0) is 46.9 Å². The molecule has 0 aliphatic heterocycles. The predicted octanol–water partition coefficient (Wildman–Crippen LogP) is 2.50. The summed E-state index contributed by atoms with van der Waals surface area (Å²) in [4.78, 5) is 0. The van der Waals surface area contributed by atoms with E-state index in [9.17, 15) is 18.2 Å². The Labute approximate surface area is 117 Å². The molecule has 18 heavy (non-hydrogen) atoms. The molecule has 0 saturated heterocycles. The zero-order valence-corrected chi connectivity index (χ0v) is 14.8. The summed E-state index contributed by atoms with van der Waals surface area (Å²) < 4.78 is 64.4. The van der Waals surface area contributed by atoms with Gasteiger partial charge in [-0.05, 0) is 0 Å². The third-order valence-electron chi connectivity index (χ3n) is 1.40. The van der Waals surface area contributed by atoms with Gasteiger partial charge in [0.1, 0.15) is 19.7 Å². The van der Waals surface area contributed by atoms with Gasteiger partial charge in [-0.25, -0.2) is 9.13 Å². The highest BCUT2D eigenvalue weighted by Gasteiger charge is 2.47. The smallest absolute Gasteiger partial charge is 0.552 e. The molecule has 0 radical (unpaired) electrons. The Morgan fingerprint density at radius 2 is 1.00 bits per heavy atom. The number of hydrogen-bond donors (Lipinski definition) is 0. The van der Waals surface area contributed by atoms with E-state index in [1.54, 1.807) is 0 Å². The zero-order chi connectivity index (χ0) is 14.4. The maximum absolute atomic E-state index is 11.6. The van der Waals surface area contributed by atoms with Gasteiger partial charge in [0.05, 0.1) is 0 Å². The first-order chi connectivity index (χ1) is 8.29. The van der Waals surface area contributed by atoms with Crippen molar-refractivity contribution < 1.29 is 36.3 Å². The lowest BCUT2D eigenvalue weighted by Crippen LogP contribution is -2.02. The third-order valence-corrected chi connectivity index (χ3v) is 19.7. The molecule has 0 amide bonds. The Morgan fingerprint density at radius 1 is 0.778 bits per heavy atom. The van der Waals surface area contributed by atoms with Crippen molar-refractivity contribution in [2.75, 3.05) is 28.4 Å². The minimum absolute atomic E-state index is 0.442. The maximum atomic E-state index is 11.6. The standard InChI is InChI=1S/C4H12O8P2S4/c1-9-13(5,10-2)17(7)15-16-18(8)14(6,11-3)12-4/h1-4H3. The van der Waals surface area contributed by atoms with Crippen molar-refractivity contribution in [1.29, 1.82) is 0 Å². The van der Waals surface area contributed by atoms with Crippen molar-refractivity contribution in [1.82, 2.24) is 0 Å². The van der Waals surface area contributed by atoms with Crippen molar-refractivity contribution in [2.24, 2.45) is 0 Å². The molecule has 0 aliphatic rings. The van der Waals surface area contributed by atoms with Crippen LogP contribution in [0.3, 0.4) is 0 Å². The molecule has 0 bridgehead atoms. The maximum Gasteiger partial charge on any atom is 0.552 e. The fourth-order valence-corrected chi connectivity index (χ4v) is 18.7. The topological polar surface area (TPSA) is 117 Å². The third kappa shape index (κ3) is 5.19. The summed E-state index contributed by atoms with van der Waals surface area (Å²) in [5.41, 5.74) is 0. The zero-order valence-electron chi connectivity index (χ0n) is 9.79. The van der Waals surface area contributed by atoms with Gasteiger partial charge >= 0.3 is 13.6 Å². The van der Waals surface area contributed by atoms with E-state index in [0.717, 1.165) is 28.4 Å². The molecule has 0 saturated carbocycles. The fraction of sp³-hybridized carbons (Fsp3) is 1.00. The van der Waals surface area contributed by atoms with E-state index < -0.39 is 33.3 Å². The van der Waals surface area contributed by atoms with Gasteiger partial charge in [0.2, 0.25) is 19.7 Å². The van der Waals surface area contributed by atoms with E-state index in [0.29, 0.717) is 19.7 Å². The molecular weight excluding hydrogens is 366 g/mol. The molecule has 0 aromatic carbocycles. The molecule has 0 heterocycles. The summed E-state index contributed by atoms with van der Waals surface area (Å²) >= 11 is 0. The highest BCUT2D eigenvalue weighted by Crippen LogP contribution is 2.66. The van der Waals surface area contributed by atoms with Crippen LogP contribution in [0.5, 0.6) is 0 Å². The molecule has 110 valence electrons. The van der Waals surface area contributed by atoms with Crippen molar-refractivity contribution >= 4 is 52.9 Å². The molecule has 0 spiro atoms. The normalized spacial score (nSPS) is 16.6. The van der Waals surface area contributed by atoms with E-state index in [2.05, 4.69) is 18.1 Å². The van der Waals surface area contributed by atoms with E-state index >= 15 is 0 Å². The molecule has 2 atom stereocenters. The molecule has 0 N–H and O–H groups in total. The summed E-state index contributed by atoms with van der Waals surface area (Å²) in [5, 5.41) is 0. The average molecular weight is 378 g/mol. The SMILES string of the molecule is COP(=O)(OC)[S+]([O-])SS[S+]([O-])P(=O)(OC)OC. The van der Waals surface area contributed by atoms with Crippen LogP contribution in [0.25, 0.3) is 0 Å². The van der Waals surface area contributed by atoms with E-state index in [1.165, 1.54) is 0 Å². The average Bonchev–Trinajstić information content (AvgIpc) is 2.42.